The first-order valence-electron chi connectivity index (χ1n) is 16.8. The first kappa shape index (κ1) is 29.5. The lowest BCUT2D eigenvalue weighted by Crippen LogP contribution is -2.34. The van der Waals surface area contributed by atoms with Crippen LogP contribution in [0.4, 0.5) is 0 Å². The Morgan fingerprint density at radius 2 is 0.940 bits per heavy atom. The summed E-state index contributed by atoms with van der Waals surface area (Å²) in [5.41, 5.74) is 10.6. The number of pyridine rings is 1. The quantitative estimate of drug-likeness (QED) is 0.181. The van der Waals surface area contributed by atoms with Crippen LogP contribution >= 0.6 is 0 Å². The summed E-state index contributed by atoms with van der Waals surface area (Å²) in [5.74, 6) is 2.38. The van der Waals surface area contributed by atoms with Gasteiger partial charge in [0.1, 0.15) is 11.5 Å². The Labute approximate surface area is 291 Å². The van der Waals surface area contributed by atoms with Crippen molar-refractivity contribution in [2.45, 2.75) is 5.41 Å². The summed E-state index contributed by atoms with van der Waals surface area (Å²) in [4.78, 5) is 14.7. The molecule has 4 heteroatoms. The zero-order valence-electron chi connectivity index (χ0n) is 27.1. The average molecular weight is 642 g/mol. The molecule has 0 atom stereocenters. The maximum absolute atomic E-state index is 6.52. The molecule has 6 aromatic carbocycles. The maximum Gasteiger partial charge on any atom is 0.160 e. The fourth-order valence-corrected chi connectivity index (χ4v) is 7.22. The van der Waals surface area contributed by atoms with E-state index in [1.807, 2.05) is 54.6 Å². The topological polar surface area (TPSA) is 47.9 Å². The minimum Gasteiger partial charge on any atom is -0.457 e. The van der Waals surface area contributed by atoms with E-state index in [0.29, 0.717) is 5.82 Å². The van der Waals surface area contributed by atoms with Crippen LogP contribution in [0, 0.1) is 0 Å². The zero-order valence-corrected chi connectivity index (χ0v) is 27.1. The number of nitrogens with zero attached hydrogens (tertiary/aromatic N) is 3. The SMILES string of the molecule is c1ccc(-c2cc(-c3ccccn3)nc(-c3cccc(-c4cccc(C5(c6ccccc6)c6ccccc6Oc6ccccc65)c4)c3)n2)cc1. The normalized spacial score (nSPS) is 12.7. The molecule has 8 aromatic rings. The standard InChI is InChI=1S/C46H31N3O/c1-3-15-32(16-4-1)41-31-42(40-25-11-12-28-47-40)49-45(48-41)35-19-13-17-33(29-35)34-18-14-22-37(30-34)46(36-20-5-2-6-21-36)38-23-7-9-26-43(38)50-44-27-10-8-24-39(44)46/h1-31H. The summed E-state index contributed by atoms with van der Waals surface area (Å²) in [6.45, 7) is 0. The molecule has 2 aromatic heterocycles. The fourth-order valence-electron chi connectivity index (χ4n) is 7.22. The Hall–Kier alpha value is -6.65. The lowest BCUT2D eigenvalue weighted by molar-refractivity contribution is 0.434. The summed E-state index contributed by atoms with van der Waals surface area (Å²) >= 11 is 0. The molecule has 0 saturated heterocycles. The summed E-state index contributed by atoms with van der Waals surface area (Å²) in [6.07, 6.45) is 1.80. The van der Waals surface area contributed by atoms with Crippen molar-refractivity contribution in [2.75, 3.05) is 0 Å². The molecule has 0 bridgehead atoms. The second kappa shape index (κ2) is 12.4. The Kier molecular flexibility index (Phi) is 7.33. The largest absolute Gasteiger partial charge is 0.457 e. The minimum absolute atomic E-state index is 0.592. The van der Waals surface area contributed by atoms with Crippen LogP contribution in [0.25, 0.3) is 45.2 Å². The Balaban J connectivity index is 1.21. The minimum atomic E-state index is -0.592. The monoisotopic (exact) mass is 641 g/mol. The van der Waals surface area contributed by atoms with Crippen LogP contribution in [0.5, 0.6) is 11.5 Å². The van der Waals surface area contributed by atoms with Crippen molar-refractivity contribution in [2.24, 2.45) is 0 Å². The third-order valence-electron chi connectivity index (χ3n) is 9.48. The summed E-state index contributed by atoms with van der Waals surface area (Å²) in [7, 11) is 0. The molecule has 4 nitrogen and oxygen atoms in total. The number of hydrogen-bond acceptors (Lipinski definition) is 4. The number of benzene rings is 6. The van der Waals surface area contributed by atoms with Crippen molar-refractivity contribution in [3.8, 4) is 56.7 Å². The first-order valence-corrected chi connectivity index (χ1v) is 16.8. The van der Waals surface area contributed by atoms with E-state index in [2.05, 4.69) is 132 Å². The third kappa shape index (κ3) is 5.06. The molecule has 0 unspecified atom stereocenters. The van der Waals surface area contributed by atoms with Crippen molar-refractivity contribution in [1.82, 2.24) is 15.0 Å². The highest BCUT2D eigenvalue weighted by Crippen LogP contribution is 2.55. The van der Waals surface area contributed by atoms with Gasteiger partial charge in [-0.05, 0) is 64.7 Å². The van der Waals surface area contributed by atoms with Gasteiger partial charge in [0.05, 0.1) is 22.5 Å². The second-order valence-electron chi connectivity index (χ2n) is 12.4. The molecule has 0 saturated carbocycles. The highest BCUT2D eigenvalue weighted by Gasteiger charge is 2.45. The van der Waals surface area contributed by atoms with Crippen molar-refractivity contribution in [1.29, 1.82) is 0 Å². The lowest BCUT2D eigenvalue weighted by Gasteiger charge is -2.41. The van der Waals surface area contributed by atoms with Crippen LogP contribution in [0.3, 0.4) is 0 Å². The number of hydrogen-bond donors (Lipinski definition) is 0. The van der Waals surface area contributed by atoms with Gasteiger partial charge < -0.3 is 4.74 Å². The predicted molar refractivity (Wildman–Crippen MR) is 200 cm³/mol. The number of para-hydroxylation sites is 2. The van der Waals surface area contributed by atoms with Gasteiger partial charge in [-0.1, -0.05) is 140 Å². The highest BCUT2D eigenvalue weighted by molar-refractivity contribution is 5.76. The van der Waals surface area contributed by atoms with Crippen LogP contribution in [-0.4, -0.2) is 15.0 Å². The molecular weight excluding hydrogens is 611 g/mol. The van der Waals surface area contributed by atoms with Crippen molar-refractivity contribution in [3.63, 3.8) is 0 Å². The maximum atomic E-state index is 6.52. The van der Waals surface area contributed by atoms with Gasteiger partial charge in [0.2, 0.25) is 0 Å². The fraction of sp³-hybridized carbons (Fsp3) is 0.0217. The van der Waals surface area contributed by atoms with Crippen LogP contribution in [0.15, 0.2) is 188 Å². The van der Waals surface area contributed by atoms with E-state index in [1.54, 1.807) is 6.20 Å². The van der Waals surface area contributed by atoms with Gasteiger partial charge in [-0.25, -0.2) is 9.97 Å². The lowest BCUT2D eigenvalue weighted by atomic mass is 9.63. The molecule has 0 aliphatic carbocycles. The van der Waals surface area contributed by atoms with E-state index in [0.717, 1.165) is 67.5 Å². The van der Waals surface area contributed by atoms with E-state index in [-0.39, 0.29) is 0 Å². The third-order valence-corrected chi connectivity index (χ3v) is 9.48. The molecule has 3 heterocycles. The molecule has 50 heavy (non-hydrogen) atoms. The molecule has 236 valence electrons. The molecule has 9 rings (SSSR count). The Bertz CT molecular complexity index is 2360. The van der Waals surface area contributed by atoms with Crippen LogP contribution in [0.2, 0.25) is 0 Å². The smallest absolute Gasteiger partial charge is 0.160 e. The summed E-state index contributed by atoms with van der Waals surface area (Å²) in [6, 6.07) is 63.1. The number of aromatic nitrogens is 3. The van der Waals surface area contributed by atoms with Gasteiger partial charge in [-0.3, -0.25) is 4.98 Å². The summed E-state index contributed by atoms with van der Waals surface area (Å²) < 4.78 is 6.52. The average Bonchev–Trinajstić information content (AvgIpc) is 3.21. The van der Waals surface area contributed by atoms with Crippen molar-refractivity contribution < 1.29 is 4.74 Å². The van der Waals surface area contributed by atoms with Gasteiger partial charge in [-0.15, -0.1) is 0 Å². The van der Waals surface area contributed by atoms with Gasteiger partial charge in [-0.2, -0.15) is 0 Å². The predicted octanol–water partition coefficient (Wildman–Crippen LogP) is 11.0. The first-order chi connectivity index (χ1) is 24.8. The van der Waals surface area contributed by atoms with Crippen LogP contribution in [-0.2, 0) is 5.41 Å². The van der Waals surface area contributed by atoms with Crippen LogP contribution in [0.1, 0.15) is 22.3 Å². The van der Waals surface area contributed by atoms with Crippen molar-refractivity contribution in [3.05, 3.63) is 210 Å². The van der Waals surface area contributed by atoms with Gasteiger partial charge in [0, 0.05) is 28.5 Å². The van der Waals surface area contributed by atoms with E-state index in [9.17, 15) is 0 Å². The van der Waals surface area contributed by atoms with E-state index in [1.165, 1.54) is 5.56 Å². The molecule has 0 N–H and O–H groups in total. The zero-order chi connectivity index (χ0) is 33.3. The van der Waals surface area contributed by atoms with Gasteiger partial charge in [0.25, 0.3) is 0 Å². The van der Waals surface area contributed by atoms with Gasteiger partial charge in [0.15, 0.2) is 5.82 Å². The van der Waals surface area contributed by atoms with E-state index in [4.69, 9.17) is 14.7 Å². The molecule has 0 spiro atoms. The molecule has 1 aliphatic heterocycles. The number of rotatable bonds is 6. The van der Waals surface area contributed by atoms with Crippen molar-refractivity contribution >= 4 is 0 Å². The number of fused-ring (bicyclic) bond motifs is 2. The number of ether oxygens (including phenoxy) is 1. The van der Waals surface area contributed by atoms with Crippen LogP contribution < -0.4 is 4.74 Å². The molecule has 0 amide bonds. The van der Waals surface area contributed by atoms with E-state index < -0.39 is 5.41 Å². The Morgan fingerprint density at radius 3 is 1.66 bits per heavy atom. The molecule has 1 aliphatic rings. The molecule has 0 fully saturated rings. The van der Waals surface area contributed by atoms with Gasteiger partial charge >= 0.3 is 0 Å². The molecular formula is C46H31N3O. The van der Waals surface area contributed by atoms with E-state index >= 15 is 0 Å². The summed E-state index contributed by atoms with van der Waals surface area (Å²) in [5, 5.41) is 0. The second-order valence-corrected chi connectivity index (χ2v) is 12.4. The Morgan fingerprint density at radius 1 is 0.380 bits per heavy atom. The highest BCUT2D eigenvalue weighted by atomic mass is 16.5. The molecule has 0 radical (unpaired) electrons.